The molecular weight excluding hydrogens is 411 g/mol. The summed E-state index contributed by atoms with van der Waals surface area (Å²) in [7, 11) is 0. The third-order valence-corrected chi connectivity index (χ3v) is 5.04. The van der Waals surface area contributed by atoms with Crippen molar-refractivity contribution in [2.24, 2.45) is 16.8 Å². The van der Waals surface area contributed by atoms with Gasteiger partial charge in [0.2, 0.25) is 3.79 Å². The number of hydrogen-bond acceptors (Lipinski definition) is 4. The largest absolute Gasteiger partial charge is 0.458 e. The fourth-order valence-electron chi connectivity index (χ4n) is 2.75. The zero-order chi connectivity index (χ0) is 21.0. The van der Waals surface area contributed by atoms with Crippen molar-refractivity contribution in [3.05, 3.63) is 11.1 Å². The molecule has 1 aliphatic heterocycles. The zero-order valence-electron chi connectivity index (χ0n) is 16.8. The predicted molar refractivity (Wildman–Crippen MR) is 111 cm³/mol. The molecule has 0 fully saturated rings. The van der Waals surface area contributed by atoms with Gasteiger partial charge in [0.15, 0.2) is 0 Å². The van der Waals surface area contributed by atoms with Gasteiger partial charge in [0.05, 0.1) is 0 Å². The van der Waals surface area contributed by atoms with E-state index in [-0.39, 0.29) is 24.3 Å². The van der Waals surface area contributed by atoms with E-state index in [1.165, 1.54) is 0 Å². The van der Waals surface area contributed by atoms with E-state index in [1.807, 2.05) is 27.7 Å². The molecule has 1 amide bonds. The van der Waals surface area contributed by atoms with Crippen LogP contribution in [0.3, 0.4) is 0 Å². The van der Waals surface area contributed by atoms with E-state index in [9.17, 15) is 9.59 Å². The van der Waals surface area contributed by atoms with Crippen LogP contribution in [0.25, 0.3) is 0 Å². The Morgan fingerprint density at radius 3 is 2.26 bits per heavy atom. The number of alkyl halides is 3. The first-order valence-corrected chi connectivity index (χ1v) is 10.4. The zero-order valence-corrected chi connectivity index (χ0v) is 19.1. The average Bonchev–Trinajstić information content (AvgIpc) is 2.84. The summed E-state index contributed by atoms with van der Waals surface area (Å²) in [4.78, 5) is 29.9. The minimum absolute atomic E-state index is 0.0150. The number of carbonyl (C=O) groups is 2. The quantitative estimate of drug-likeness (QED) is 0.329. The van der Waals surface area contributed by atoms with Crippen molar-refractivity contribution in [2.45, 2.75) is 70.1 Å². The first kappa shape index (κ1) is 24.3. The number of carbonyl (C=O) groups excluding carboxylic acids is 2. The molecule has 0 aromatic heterocycles. The summed E-state index contributed by atoms with van der Waals surface area (Å²) in [6.07, 6.45) is 2.37. The molecule has 5 nitrogen and oxygen atoms in total. The molecular formula is C19H29Cl3N2O3. The van der Waals surface area contributed by atoms with Gasteiger partial charge >= 0.3 is 5.97 Å². The van der Waals surface area contributed by atoms with Crippen LogP contribution in [0.5, 0.6) is 0 Å². The summed E-state index contributed by atoms with van der Waals surface area (Å²) in [6, 6.07) is 0. The van der Waals surface area contributed by atoms with E-state index in [0.29, 0.717) is 23.4 Å². The van der Waals surface area contributed by atoms with Crippen LogP contribution in [0.2, 0.25) is 0 Å². The van der Waals surface area contributed by atoms with Gasteiger partial charge in [0, 0.05) is 11.1 Å². The van der Waals surface area contributed by atoms with Crippen molar-refractivity contribution in [1.29, 1.82) is 0 Å². The Labute approximate surface area is 176 Å². The highest BCUT2D eigenvalue weighted by Crippen LogP contribution is 2.31. The van der Waals surface area contributed by atoms with Gasteiger partial charge in [-0.3, -0.25) is 9.79 Å². The van der Waals surface area contributed by atoms with Crippen LogP contribution < -0.4 is 5.32 Å². The van der Waals surface area contributed by atoms with E-state index in [0.717, 1.165) is 12.8 Å². The summed E-state index contributed by atoms with van der Waals surface area (Å²) in [5.74, 6) is -0.414. The predicted octanol–water partition coefficient (Wildman–Crippen LogP) is 4.99. The van der Waals surface area contributed by atoms with Crippen LogP contribution in [-0.2, 0) is 14.3 Å². The molecule has 0 aromatic carbocycles. The average molecular weight is 440 g/mol. The van der Waals surface area contributed by atoms with Crippen LogP contribution in [0.15, 0.2) is 16.1 Å². The second-order valence-electron chi connectivity index (χ2n) is 7.56. The summed E-state index contributed by atoms with van der Waals surface area (Å²) >= 11 is 17.1. The van der Waals surface area contributed by atoms with Gasteiger partial charge in [-0.05, 0) is 31.6 Å². The number of unbranched alkanes of at least 4 members (excludes halogenated alkanes) is 1. The Bertz CT molecular complexity index is 637. The van der Waals surface area contributed by atoms with Crippen molar-refractivity contribution in [3.8, 4) is 0 Å². The Balaban J connectivity index is 3.38. The molecule has 0 aliphatic carbocycles. The molecule has 0 saturated heterocycles. The molecule has 0 aromatic rings. The second kappa shape index (κ2) is 9.62. The molecule has 1 N–H and O–H groups in total. The van der Waals surface area contributed by atoms with Crippen molar-refractivity contribution >= 4 is 52.5 Å². The second-order valence-corrected chi connectivity index (χ2v) is 10.1. The molecule has 1 aliphatic rings. The van der Waals surface area contributed by atoms with Crippen LogP contribution in [0, 0.1) is 11.8 Å². The first-order chi connectivity index (χ1) is 12.3. The lowest BCUT2D eigenvalue weighted by atomic mass is 9.89. The highest BCUT2D eigenvalue weighted by Gasteiger charge is 2.43. The number of hydrogen-bond donors (Lipinski definition) is 1. The van der Waals surface area contributed by atoms with Gasteiger partial charge in [-0.1, -0.05) is 75.8 Å². The molecule has 0 spiro atoms. The van der Waals surface area contributed by atoms with Crippen molar-refractivity contribution in [3.63, 3.8) is 0 Å². The maximum Gasteiger partial charge on any atom is 0.334 e. The fraction of sp³-hybridized carbons (Fsp3) is 0.737. The van der Waals surface area contributed by atoms with Gasteiger partial charge in [0.25, 0.3) is 5.91 Å². The van der Waals surface area contributed by atoms with E-state index in [4.69, 9.17) is 39.5 Å². The van der Waals surface area contributed by atoms with E-state index in [1.54, 1.807) is 6.92 Å². The van der Waals surface area contributed by atoms with Gasteiger partial charge < -0.3 is 10.1 Å². The Morgan fingerprint density at radius 2 is 1.85 bits per heavy atom. The third kappa shape index (κ3) is 6.37. The van der Waals surface area contributed by atoms with E-state index < -0.39 is 15.3 Å². The number of amides is 1. The summed E-state index contributed by atoms with van der Waals surface area (Å²) in [5, 5.41) is 2.86. The number of ether oxygens (including phenoxy) is 1. The normalized spacial score (nSPS) is 21.3. The lowest BCUT2D eigenvalue weighted by Crippen LogP contribution is -2.41. The number of nitrogens with one attached hydrogen (secondary N) is 1. The number of esters is 1. The molecule has 0 saturated carbocycles. The molecule has 27 heavy (non-hydrogen) atoms. The van der Waals surface area contributed by atoms with E-state index >= 15 is 0 Å². The molecule has 8 heteroatoms. The molecule has 1 rings (SSSR count). The Hall–Kier alpha value is -0.780. The molecule has 1 heterocycles. The number of aliphatic imine (C=N–C) groups is 1. The van der Waals surface area contributed by atoms with Crippen molar-refractivity contribution in [2.75, 3.05) is 6.61 Å². The van der Waals surface area contributed by atoms with Gasteiger partial charge in [-0.15, -0.1) is 0 Å². The summed E-state index contributed by atoms with van der Waals surface area (Å²) < 4.78 is 3.53. The number of nitrogens with zero attached hydrogens (tertiary/aromatic N) is 1. The summed E-state index contributed by atoms with van der Waals surface area (Å²) in [6.45, 7) is 11.2. The van der Waals surface area contributed by atoms with Gasteiger partial charge in [0.1, 0.15) is 18.0 Å². The lowest BCUT2D eigenvalue weighted by Gasteiger charge is -2.21. The molecule has 1 atom stereocenters. The Kier molecular flexibility index (Phi) is 8.64. The molecule has 154 valence electrons. The standard InChI is InChI=1S/C19H29Cl3N2O3/c1-7-8-9-13(15-23-17(26)18(6,24-15)12(4)5)14(11(2)3)16(25)27-10-19(20,21)22/h11-12H,7-10H2,1-6H3,(H,23,24,26). The van der Waals surface area contributed by atoms with E-state index in [2.05, 4.69) is 17.2 Å². The van der Waals surface area contributed by atoms with Gasteiger partial charge in [-0.2, -0.15) is 0 Å². The highest BCUT2D eigenvalue weighted by atomic mass is 35.6. The summed E-state index contributed by atoms with van der Waals surface area (Å²) in [5.41, 5.74) is 0.278. The van der Waals surface area contributed by atoms with Crippen LogP contribution in [0.4, 0.5) is 0 Å². The maximum atomic E-state index is 12.7. The lowest BCUT2D eigenvalue weighted by molar-refractivity contribution is -0.139. The smallest absolute Gasteiger partial charge is 0.334 e. The highest BCUT2D eigenvalue weighted by molar-refractivity contribution is 6.67. The number of halogens is 3. The van der Waals surface area contributed by atoms with Crippen LogP contribution in [-0.4, -0.2) is 33.7 Å². The number of amidine groups is 1. The maximum absolute atomic E-state index is 12.7. The third-order valence-electron chi connectivity index (χ3n) is 4.72. The Morgan fingerprint density at radius 1 is 1.26 bits per heavy atom. The molecule has 0 radical (unpaired) electrons. The number of rotatable bonds is 8. The van der Waals surface area contributed by atoms with Crippen molar-refractivity contribution < 1.29 is 14.3 Å². The van der Waals surface area contributed by atoms with Gasteiger partial charge in [-0.25, -0.2) is 4.79 Å². The monoisotopic (exact) mass is 438 g/mol. The fourth-order valence-corrected chi connectivity index (χ4v) is 2.91. The molecule has 0 bridgehead atoms. The minimum Gasteiger partial charge on any atom is -0.458 e. The molecule has 1 unspecified atom stereocenters. The topological polar surface area (TPSA) is 67.8 Å². The van der Waals surface area contributed by atoms with Crippen LogP contribution >= 0.6 is 34.8 Å². The SMILES string of the molecule is CCCCC(C1=NC(C)(C(C)C)C(=O)N1)=C(C(=O)OCC(Cl)(Cl)Cl)C(C)C. The minimum atomic E-state index is -1.68. The van der Waals surface area contributed by atoms with Crippen molar-refractivity contribution in [1.82, 2.24) is 5.32 Å². The van der Waals surface area contributed by atoms with Crippen LogP contribution in [0.1, 0.15) is 60.8 Å². The first-order valence-electron chi connectivity index (χ1n) is 9.22.